The van der Waals surface area contributed by atoms with E-state index in [-0.39, 0.29) is 25.4 Å². The first-order chi connectivity index (χ1) is 55.2. The van der Waals surface area contributed by atoms with Gasteiger partial charge >= 0.3 is 0 Å². The molecule has 0 N–H and O–H groups in total. The Balaban J connectivity index is 0.940. The number of hydrogen-bond donors (Lipinski definition) is 0. The van der Waals surface area contributed by atoms with Gasteiger partial charge < -0.3 is 28.4 Å². The van der Waals surface area contributed by atoms with E-state index in [9.17, 15) is 0 Å². The third-order valence-corrected chi connectivity index (χ3v) is 22.8. The number of hydrogen-bond acceptors (Lipinski definition) is 10. The summed E-state index contributed by atoms with van der Waals surface area (Å²) in [5.41, 5.74) is 24.9. The van der Waals surface area contributed by atoms with Gasteiger partial charge in [0.05, 0.1) is 70.1 Å². The first-order valence-electron chi connectivity index (χ1n) is 40.6. The molecule has 0 saturated carbocycles. The van der Waals surface area contributed by atoms with Crippen LogP contribution in [0.5, 0.6) is 23.0 Å². The van der Waals surface area contributed by atoms with Crippen molar-refractivity contribution in [3.05, 3.63) is 264 Å². The number of para-hydroxylation sites is 2. The van der Waals surface area contributed by atoms with E-state index in [4.69, 9.17) is 48.4 Å². The molecule has 0 unspecified atom stereocenters. The minimum atomic E-state index is -0.367. The Morgan fingerprint density at radius 3 is 1.04 bits per heavy atom. The van der Waals surface area contributed by atoms with Crippen LogP contribution in [0.4, 0.5) is 0 Å². The predicted octanol–water partition coefficient (Wildman–Crippen LogP) is 25.5. The normalized spacial score (nSPS) is 12.4. The molecule has 0 amide bonds. The molecule has 8 aromatic carbocycles. The molecule has 8 heterocycles. The van der Waals surface area contributed by atoms with Gasteiger partial charge in [-0.3, -0.25) is 8.80 Å². The van der Waals surface area contributed by atoms with Crippen molar-refractivity contribution in [2.45, 2.75) is 143 Å². The Hall–Kier alpha value is -11.4. The second-order valence-electron chi connectivity index (χ2n) is 29.9. The number of benzene rings is 8. The summed E-state index contributed by atoms with van der Waals surface area (Å²) in [6, 6.07) is 81.6. The van der Waals surface area contributed by atoms with Gasteiger partial charge in [0.25, 0.3) is 0 Å². The van der Waals surface area contributed by atoms with Crippen LogP contribution in [0.2, 0.25) is 0 Å². The quantitative estimate of drug-likeness (QED) is 0.0291. The molecule has 0 radical (unpaired) electrons. The van der Waals surface area contributed by atoms with Crippen molar-refractivity contribution in [2.75, 3.05) is 41.7 Å². The fourth-order valence-electron chi connectivity index (χ4n) is 17.0. The molecule has 0 bridgehead atoms. The Morgan fingerprint density at radius 2 is 0.670 bits per heavy atom. The molecule has 0 fully saturated rings. The summed E-state index contributed by atoms with van der Waals surface area (Å²) >= 11 is 0. The van der Waals surface area contributed by atoms with Crippen LogP contribution in [0.1, 0.15) is 150 Å². The molecule has 16 aromatic rings. The van der Waals surface area contributed by atoms with Crippen molar-refractivity contribution in [1.82, 2.24) is 28.7 Å². The molecule has 2 atom stereocenters. The highest BCUT2D eigenvalue weighted by Gasteiger charge is 2.29. The third kappa shape index (κ3) is 14.9. The number of nitrogens with zero attached hydrogens (tertiary/aromatic N) is 6. The van der Waals surface area contributed by atoms with E-state index in [0.717, 1.165) is 214 Å². The lowest BCUT2D eigenvalue weighted by atomic mass is 9.91. The Morgan fingerprint density at radius 1 is 0.312 bits per heavy atom. The van der Waals surface area contributed by atoms with Crippen LogP contribution >= 0.6 is 0 Å². The molecule has 0 aliphatic rings. The van der Waals surface area contributed by atoms with Crippen molar-refractivity contribution in [3.8, 4) is 79.2 Å². The summed E-state index contributed by atoms with van der Waals surface area (Å²) in [5, 5.41) is 6.88. The van der Waals surface area contributed by atoms with Crippen LogP contribution in [-0.2, 0) is 35.2 Å². The molecular weight excluding hydrogens is 1380 g/mol. The van der Waals surface area contributed by atoms with Crippen LogP contribution in [0.25, 0.3) is 133 Å². The highest BCUT2D eigenvalue weighted by molar-refractivity contribution is 6.14. The molecule has 8 aromatic heterocycles. The first-order valence-corrected chi connectivity index (χ1v) is 40.6. The van der Waals surface area contributed by atoms with E-state index in [1.807, 2.05) is 48.5 Å². The molecule has 0 aliphatic carbocycles. The van der Waals surface area contributed by atoms with Crippen molar-refractivity contribution in [3.63, 3.8) is 0 Å². The number of methoxy groups -OCH3 is 4. The lowest BCUT2D eigenvalue weighted by molar-refractivity contribution is 0.0575. The van der Waals surface area contributed by atoms with E-state index >= 15 is 0 Å². The van der Waals surface area contributed by atoms with Crippen molar-refractivity contribution in [2.24, 2.45) is 0 Å². The highest BCUT2D eigenvalue weighted by atomic mass is 16.5. The fourth-order valence-corrected chi connectivity index (χ4v) is 17.0. The van der Waals surface area contributed by atoms with Gasteiger partial charge in [-0.05, 0) is 169 Å². The minimum Gasteiger partial charge on any atom is -0.497 e. The molecule has 0 spiro atoms. The monoisotopic (exact) mass is 1480 g/mol. The maximum absolute atomic E-state index is 7.07. The summed E-state index contributed by atoms with van der Waals surface area (Å²) < 4.78 is 43.3. The average molecular weight is 1480 g/mol. The maximum Gasteiger partial charge on any atom is 0.145 e. The Bertz CT molecular complexity index is 5660. The summed E-state index contributed by atoms with van der Waals surface area (Å²) in [7, 11) is 6.95. The number of aryl methyl sites for hydroxylation is 4. The number of aromatic nitrogens is 6. The first kappa shape index (κ1) is 74.6. The fraction of sp³-hybridized carbons (Fsp3) is 0.280. The molecule has 566 valence electrons. The van der Waals surface area contributed by atoms with Gasteiger partial charge in [0.1, 0.15) is 59.7 Å². The summed E-state index contributed by atoms with van der Waals surface area (Å²) in [4.78, 5) is 22.9. The van der Waals surface area contributed by atoms with Crippen LogP contribution in [0.3, 0.4) is 0 Å². The summed E-state index contributed by atoms with van der Waals surface area (Å²) in [5.74, 6) is 2.81. The number of unbranched alkanes of at least 4 members (excludes halogenated alkanes) is 8. The third-order valence-electron chi connectivity index (χ3n) is 22.8. The van der Waals surface area contributed by atoms with Gasteiger partial charge in [-0.1, -0.05) is 213 Å². The smallest absolute Gasteiger partial charge is 0.145 e. The second-order valence-corrected chi connectivity index (χ2v) is 29.9. The van der Waals surface area contributed by atoms with Gasteiger partial charge in [-0.25, -0.2) is 19.9 Å². The molecule has 12 nitrogen and oxygen atoms in total. The molecule has 112 heavy (non-hydrogen) atoms. The van der Waals surface area contributed by atoms with E-state index in [1.54, 1.807) is 28.4 Å². The SMILES string of the molecule is CCCCCc1c(CCCCC)c2c(-c3ccc(OC)cc3)c3cc(-c4cc(OC[C@H](OC)c5ccccc5)cc(-c5cc(OC[C@H](OC)c6ccccc6)cc(-c6ccc7c(c6)c(-c6ccc(OC)cc6)c6c(CCCCC)c(CCCCC)c8cc9ccccc9nc8n67)n5)n4)ccc3n2c2nc3ccccc3cc12. The van der Waals surface area contributed by atoms with Gasteiger partial charge in [0.2, 0.25) is 0 Å². The minimum absolute atomic E-state index is 0.231. The lowest BCUT2D eigenvalue weighted by Crippen LogP contribution is -2.13. The predicted molar refractivity (Wildman–Crippen MR) is 461 cm³/mol. The molecule has 16 rings (SSSR count). The van der Waals surface area contributed by atoms with Gasteiger partial charge in [0, 0.05) is 93.1 Å². The van der Waals surface area contributed by atoms with E-state index < -0.39 is 0 Å². The molecule has 12 heteroatoms. The number of pyridine rings is 6. The molecule has 0 saturated heterocycles. The van der Waals surface area contributed by atoms with E-state index in [1.165, 1.54) is 44.1 Å². The van der Waals surface area contributed by atoms with Gasteiger partial charge in [-0.15, -0.1) is 0 Å². The molecular formula is C100H100N6O6. The maximum atomic E-state index is 7.07. The standard InChI is InChI=1S/C100H100N6O6/c1-9-13-19-37-77-79(39-21-15-11-3)97-95(67-43-49-73(107-5)50-44-67)83-57-71(47-53-91(83)105(97)99-81(77)55-69-35-27-29-41-85(69)103-99)87-59-75(111-63-93(109-7)65-31-23-17-24-32-65)61-89(101-87)90-62-76(112-64-94(110-8)66-33-25-18-26-34-66)60-88(102-90)72-48-54-92-84(58-72)96(68-45-51-74(108-6)52-46-68)98-80(40-22-16-12-4)78(38-20-14-10-2)82-56-70-36-28-30-42-86(70)104-100(82)106(92)98/h17-18,23-36,41-62,93-94H,9-16,19-22,37-40,63-64H2,1-8H3/t93-,94-/m0/s1. The zero-order chi connectivity index (χ0) is 76.6. The van der Waals surface area contributed by atoms with Crippen LogP contribution in [-0.4, -0.2) is 70.4 Å². The van der Waals surface area contributed by atoms with E-state index in [2.05, 4.69) is 218 Å². The van der Waals surface area contributed by atoms with Crippen LogP contribution in [0, 0.1) is 0 Å². The number of rotatable bonds is 33. The van der Waals surface area contributed by atoms with Crippen molar-refractivity contribution < 1.29 is 28.4 Å². The Labute approximate surface area is 657 Å². The zero-order valence-electron chi connectivity index (χ0n) is 66.0. The zero-order valence-corrected chi connectivity index (χ0v) is 66.0. The van der Waals surface area contributed by atoms with Gasteiger partial charge in [0.15, 0.2) is 0 Å². The van der Waals surface area contributed by atoms with E-state index in [0.29, 0.717) is 34.3 Å². The number of ether oxygens (including phenoxy) is 6. The molecule has 0 aliphatic heterocycles. The van der Waals surface area contributed by atoms with Crippen molar-refractivity contribution in [1.29, 1.82) is 0 Å². The Kier molecular flexibility index (Phi) is 22.7. The average Bonchev–Trinajstić information content (AvgIpc) is 1.54. The summed E-state index contributed by atoms with van der Waals surface area (Å²) in [6.07, 6.45) is 16.4. The van der Waals surface area contributed by atoms with Crippen LogP contribution < -0.4 is 18.9 Å². The second kappa shape index (κ2) is 34.0. The lowest BCUT2D eigenvalue weighted by Gasteiger charge is -2.19. The topological polar surface area (TPSA) is 116 Å². The van der Waals surface area contributed by atoms with Gasteiger partial charge in [-0.2, -0.15) is 0 Å². The largest absolute Gasteiger partial charge is 0.497 e. The summed E-state index contributed by atoms with van der Waals surface area (Å²) in [6.45, 7) is 9.65. The van der Waals surface area contributed by atoms with Crippen molar-refractivity contribution >= 4 is 76.7 Å². The highest BCUT2D eigenvalue weighted by Crippen LogP contribution is 2.48. The van der Waals surface area contributed by atoms with Crippen LogP contribution in [0.15, 0.2) is 231 Å². The number of fused-ring (bicyclic) bond motifs is 12.